The Kier molecular flexibility index (Phi) is 7.07. The molecule has 1 saturated heterocycles. The van der Waals surface area contributed by atoms with Crippen LogP contribution in [0.25, 0.3) is 11.1 Å². The first kappa shape index (κ1) is 22.6. The van der Waals surface area contributed by atoms with Crippen molar-refractivity contribution in [2.75, 3.05) is 6.54 Å². The van der Waals surface area contributed by atoms with Crippen molar-refractivity contribution < 1.29 is 9.59 Å². The van der Waals surface area contributed by atoms with Crippen molar-refractivity contribution in [2.45, 2.75) is 31.8 Å². The van der Waals surface area contributed by atoms with Crippen LogP contribution < -0.4 is 5.32 Å². The van der Waals surface area contributed by atoms with Crippen LogP contribution in [0.1, 0.15) is 40.7 Å². The topological polar surface area (TPSA) is 73.2 Å². The fraction of sp³-hybridized carbons (Fsp3) is 0.222. The molecule has 1 N–H and O–H groups in total. The molecule has 5 nitrogen and oxygen atoms in total. The van der Waals surface area contributed by atoms with Gasteiger partial charge in [0.1, 0.15) is 6.04 Å². The molecule has 4 rings (SSSR count). The Hall–Kier alpha value is -3.62. The molecule has 1 unspecified atom stereocenters. The Labute approximate surface area is 198 Å². The van der Waals surface area contributed by atoms with Gasteiger partial charge in [-0.2, -0.15) is 5.26 Å². The number of halogens is 1. The van der Waals surface area contributed by atoms with Gasteiger partial charge < -0.3 is 10.2 Å². The molecule has 1 heterocycles. The van der Waals surface area contributed by atoms with Gasteiger partial charge in [0.25, 0.3) is 5.91 Å². The normalized spacial score (nSPS) is 16.1. The maximum atomic E-state index is 13.3. The highest BCUT2D eigenvalue weighted by Gasteiger charge is 2.29. The lowest BCUT2D eigenvalue weighted by molar-refractivity contribution is -0.133. The highest BCUT2D eigenvalue weighted by Crippen LogP contribution is 2.25. The SMILES string of the molecule is N#Cc1cccc(-c2ccccc2C(=O)NC2CCCCN(Cc3ccc(Cl)cc3)C2=O)c1. The van der Waals surface area contributed by atoms with Crippen LogP contribution in [-0.4, -0.2) is 29.3 Å². The van der Waals surface area contributed by atoms with Gasteiger partial charge >= 0.3 is 0 Å². The van der Waals surface area contributed by atoms with Crippen molar-refractivity contribution in [1.82, 2.24) is 10.2 Å². The van der Waals surface area contributed by atoms with Gasteiger partial charge in [0.2, 0.25) is 5.91 Å². The molecule has 2 amide bonds. The number of carbonyl (C=O) groups excluding carboxylic acids is 2. The van der Waals surface area contributed by atoms with Crippen LogP contribution in [0.3, 0.4) is 0 Å². The van der Waals surface area contributed by atoms with Crippen molar-refractivity contribution in [3.8, 4) is 17.2 Å². The molecule has 0 aromatic heterocycles. The zero-order chi connectivity index (χ0) is 23.2. The minimum Gasteiger partial charge on any atom is -0.340 e. The van der Waals surface area contributed by atoms with Gasteiger partial charge in [0, 0.05) is 23.7 Å². The summed E-state index contributed by atoms with van der Waals surface area (Å²) in [6.45, 7) is 1.14. The maximum Gasteiger partial charge on any atom is 0.252 e. The molecule has 6 heteroatoms. The quantitative estimate of drug-likeness (QED) is 0.573. The highest BCUT2D eigenvalue weighted by atomic mass is 35.5. The summed E-state index contributed by atoms with van der Waals surface area (Å²) in [6.07, 6.45) is 2.36. The van der Waals surface area contributed by atoms with Crippen LogP contribution in [0.5, 0.6) is 0 Å². The minimum atomic E-state index is -0.578. The van der Waals surface area contributed by atoms with E-state index < -0.39 is 6.04 Å². The number of hydrogen-bond acceptors (Lipinski definition) is 3. The third-order valence-corrected chi connectivity index (χ3v) is 6.10. The fourth-order valence-electron chi connectivity index (χ4n) is 4.13. The van der Waals surface area contributed by atoms with E-state index >= 15 is 0 Å². The molecule has 3 aromatic rings. The molecule has 3 aromatic carbocycles. The minimum absolute atomic E-state index is 0.0697. The number of nitrogens with one attached hydrogen (secondary N) is 1. The summed E-state index contributed by atoms with van der Waals surface area (Å²) >= 11 is 5.98. The average molecular weight is 458 g/mol. The lowest BCUT2D eigenvalue weighted by Gasteiger charge is -2.25. The van der Waals surface area contributed by atoms with Gasteiger partial charge in [-0.1, -0.05) is 54.1 Å². The molecule has 166 valence electrons. The first-order chi connectivity index (χ1) is 16.0. The number of nitrogens with zero attached hydrogens (tertiary/aromatic N) is 2. The van der Waals surface area contributed by atoms with E-state index in [-0.39, 0.29) is 11.8 Å². The molecular weight excluding hydrogens is 434 g/mol. The molecule has 1 aliphatic rings. The standard InChI is InChI=1S/C27H24ClN3O2/c28-22-13-11-19(12-14-22)18-31-15-4-3-10-25(27(31)33)30-26(32)24-9-2-1-8-23(24)21-7-5-6-20(16-21)17-29/h1-2,5-9,11-14,16,25H,3-4,10,15,18H2,(H,30,32). The van der Waals surface area contributed by atoms with Crippen LogP contribution in [0.2, 0.25) is 5.02 Å². The highest BCUT2D eigenvalue weighted by molar-refractivity contribution is 6.30. The summed E-state index contributed by atoms with van der Waals surface area (Å²) in [6, 6.07) is 23.4. The first-order valence-electron chi connectivity index (χ1n) is 11.0. The van der Waals surface area contributed by atoms with Crippen LogP contribution in [-0.2, 0) is 11.3 Å². The lowest BCUT2D eigenvalue weighted by Crippen LogP contribution is -2.47. The second-order valence-electron chi connectivity index (χ2n) is 8.15. The van der Waals surface area contributed by atoms with E-state index in [1.54, 1.807) is 30.3 Å². The zero-order valence-electron chi connectivity index (χ0n) is 18.1. The number of carbonyl (C=O) groups is 2. The molecular formula is C27H24ClN3O2. The fourth-order valence-corrected chi connectivity index (χ4v) is 4.26. The van der Waals surface area contributed by atoms with E-state index in [0.717, 1.165) is 29.5 Å². The predicted molar refractivity (Wildman–Crippen MR) is 129 cm³/mol. The number of nitriles is 1. The number of rotatable bonds is 5. The Morgan fingerprint density at radius 1 is 1.06 bits per heavy atom. The summed E-state index contributed by atoms with van der Waals surface area (Å²) in [5.41, 5.74) is 3.53. The van der Waals surface area contributed by atoms with Gasteiger partial charge in [0.15, 0.2) is 0 Å². The molecule has 0 bridgehead atoms. The van der Waals surface area contributed by atoms with Gasteiger partial charge in [0.05, 0.1) is 11.6 Å². The number of benzene rings is 3. The van der Waals surface area contributed by atoms with E-state index in [1.165, 1.54) is 0 Å². The Bertz CT molecular complexity index is 1200. The van der Waals surface area contributed by atoms with Gasteiger partial charge in [-0.15, -0.1) is 0 Å². The Balaban J connectivity index is 1.53. The largest absolute Gasteiger partial charge is 0.340 e. The molecule has 1 fully saturated rings. The second-order valence-corrected chi connectivity index (χ2v) is 8.58. The van der Waals surface area contributed by atoms with E-state index in [2.05, 4.69) is 11.4 Å². The molecule has 33 heavy (non-hydrogen) atoms. The van der Waals surface area contributed by atoms with E-state index in [1.807, 2.05) is 47.4 Å². The van der Waals surface area contributed by atoms with Gasteiger partial charge in [-0.25, -0.2) is 0 Å². The van der Waals surface area contributed by atoms with Gasteiger partial charge in [-0.3, -0.25) is 9.59 Å². The summed E-state index contributed by atoms with van der Waals surface area (Å²) in [7, 11) is 0. The number of amides is 2. The molecule has 0 saturated carbocycles. The van der Waals surface area contributed by atoms with Crippen molar-refractivity contribution in [3.63, 3.8) is 0 Å². The van der Waals surface area contributed by atoms with E-state index in [9.17, 15) is 14.9 Å². The average Bonchev–Trinajstić information content (AvgIpc) is 3.01. The maximum absolute atomic E-state index is 13.3. The van der Waals surface area contributed by atoms with Crippen molar-refractivity contribution in [1.29, 1.82) is 5.26 Å². The smallest absolute Gasteiger partial charge is 0.252 e. The van der Waals surface area contributed by atoms with Crippen LogP contribution in [0.4, 0.5) is 0 Å². The third kappa shape index (κ3) is 5.42. The van der Waals surface area contributed by atoms with Gasteiger partial charge in [-0.05, 0) is 66.3 Å². The van der Waals surface area contributed by atoms with E-state index in [4.69, 9.17) is 11.6 Å². The molecule has 0 aliphatic carbocycles. The predicted octanol–water partition coefficient (Wildman–Crippen LogP) is 5.19. The first-order valence-corrected chi connectivity index (χ1v) is 11.4. The summed E-state index contributed by atoms with van der Waals surface area (Å²) in [5.74, 6) is -0.362. The van der Waals surface area contributed by atoms with Crippen LogP contribution in [0, 0.1) is 11.3 Å². The molecule has 0 spiro atoms. The molecule has 1 aliphatic heterocycles. The Morgan fingerprint density at radius 2 is 1.85 bits per heavy atom. The summed E-state index contributed by atoms with van der Waals surface area (Å²) < 4.78 is 0. The van der Waals surface area contributed by atoms with Crippen LogP contribution in [0.15, 0.2) is 72.8 Å². The summed E-state index contributed by atoms with van der Waals surface area (Å²) in [5, 5.41) is 12.9. The number of likely N-dealkylation sites (tertiary alicyclic amines) is 1. The molecule has 1 atom stereocenters. The zero-order valence-corrected chi connectivity index (χ0v) is 18.9. The van der Waals surface area contributed by atoms with Crippen LogP contribution >= 0.6 is 11.6 Å². The monoisotopic (exact) mass is 457 g/mol. The number of hydrogen-bond donors (Lipinski definition) is 1. The lowest BCUT2D eigenvalue weighted by atomic mass is 9.97. The van der Waals surface area contributed by atoms with Crippen molar-refractivity contribution in [3.05, 3.63) is 94.5 Å². The summed E-state index contributed by atoms with van der Waals surface area (Å²) in [4.78, 5) is 28.3. The van der Waals surface area contributed by atoms with Crippen molar-refractivity contribution in [2.24, 2.45) is 0 Å². The second kappa shape index (κ2) is 10.3. The third-order valence-electron chi connectivity index (χ3n) is 5.85. The Morgan fingerprint density at radius 3 is 2.64 bits per heavy atom. The van der Waals surface area contributed by atoms with E-state index in [0.29, 0.717) is 35.7 Å². The van der Waals surface area contributed by atoms with Crippen molar-refractivity contribution >= 4 is 23.4 Å². The molecule has 0 radical (unpaired) electrons.